The zero-order valence-electron chi connectivity index (χ0n) is 9.59. The minimum atomic E-state index is -0.509. The molecule has 0 heterocycles. The Bertz CT molecular complexity index is 599. The van der Waals surface area contributed by atoms with Gasteiger partial charge in [-0.2, -0.15) is 0 Å². The highest BCUT2D eigenvalue weighted by molar-refractivity contribution is 5.68. The lowest BCUT2D eigenvalue weighted by Gasteiger charge is -2.05. The zero-order valence-corrected chi connectivity index (χ0v) is 9.59. The second-order valence-electron chi connectivity index (χ2n) is 3.69. The van der Waals surface area contributed by atoms with Crippen molar-refractivity contribution in [2.24, 2.45) is 0 Å². The van der Waals surface area contributed by atoms with Gasteiger partial charge in [0.1, 0.15) is 11.6 Å². The van der Waals surface area contributed by atoms with Crippen molar-refractivity contribution in [2.75, 3.05) is 7.11 Å². The highest BCUT2D eigenvalue weighted by Gasteiger charge is 2.11. The van der Waals surface area contributed by atoms with E-state index in [4.69, 9.17) is 4.74 Å². The smallest absolute Gasteiger partial charge is 0.273 e. The molecule has 18 heavy (non-hydrogen) atoms. The molecule has 0 aliphatic rings. The first-order valence-corrected chi connectivity index (χ1v) is 5.19. The number of hydrogen-bond acceptors (Lipinski definition) is 3. The maximum Gasteiger partial charge on any atom is 0.273 e. The molecular weight excluding hydrogens is 237 g/mol. The summed E-state index contributed by atoms with van der Waals surface area (Å²) in [6.07, 6.45) is 0. The largest absolute Gasteiger partial charge is 0.496 e. The number of nitro benzene ring substituents is 1. The van der Waals surface area contributed by atoms with Crippen LogP contribution in [0.25, 0.3) is 11.1 Å². The number of benzene rings is 2. The van der Waals surface area contributed by atoms with E-state index in [1.54, 1.807) is 18.2 Å². The standard InChI is InChI=1S/C13H10FNO3/c1-18-13-7-10(6-12(8-13)15(16)17)9-3-2-4-11(14)5-9/h2-8H,1H3. The molecule has 0 amide bonds. The van der Waals surface area contributed by atoms with Gasteiger partial charge in [-0.25, -0.2) is 4.39 Å². The summed E-state index contributed by atoms with van der Waals surface area (Å²) in [6.45, 7) is 0. The molecule has 5 heteroatoms. The lowest BCUT2D eigenvalue weighted by atomic mass is 10.0. The van der Waals surface area contributed by atoms with Crippen LogP contribution in [0.5, 0.6) is 5.75 Å². The van der Waals surface area contributed by atoms with Crippen molar-refractivity contribution in [3.63, 3.8) is 0 Å². The van der Waals surface area contributed by atoms with Crippen molar-refractivity contribution < 1.29 is 14.1 Å². The van der Waals surface area contributed by atoms with Crippen molar-refractivity contribution >= 4 is 5.69 Å². The maximum atomic E-state index is 13.1. The summed E-state index contributed by atoms with van der Waals surface area (Å²) in [5.41, 5.74) is 1.02. The number of hydrogen-bond donors (Lipinski definition) is 0. The molecule has 0 fully saturated rings. The molecule has 0 saturated carbocycles. The third kappa shape index (κ3) is 2.45. The predicted molar refractivity (Wildman–Crippen MR) is 65.0 cm³/mol. The Kier molecular flexibility index (Phi) is 3.23. The maximum absolute atomic E-state index is 13.1. The van der Waals surface area contributed by atoms with Crippen LogP contribution in [0.3, 0.4) is 0 Å². The van der Waals surface area contributed by atoms with Gasteiger partial charge in [0, 0.05) is 6.07 Å². The lowest BCUT2D eigenvalue weighted by Crippen LogP contribution is -1.91. The van der Waals surface area contributed by atoms with Crippen LogP contribution >= 0.6 is 0 Å². The van der Waals surface area contributed by atoms with Crippen LogP contribution in [0.1, 0.15) is 0 Å². The number of nitro groups is 1. The van der Waals surface area contributed by atoms with Gasteiger partial charge in [-0.15, -0.1) is 0 Å². The van der Waals surface area contributed by atoms with Crippen LogP contribution in [0.2, 0.25) is 0 Å². The lowest BCUT2D eigenvalue weighted by molar-refractivity contribution is -0.384. The molecule has 0 aliphatic carbocycles. The molecule has 0 radical (unpaired) electrons. The minimum Gasteiger partial charge on any atom is -0.496 e. The minimum absolute atomic E-state index is 0.0892. The topological polar surface area (TPSA) is 52.4 Å². The van der Waals surface area contributed by atoms with Crippen LogP contribution < -0.4 is 4.74 Å². The average molecular weight is 247 g/mol. The van der Waals surface area contributed by atoms with Crippen molar-refractivity contribution in [1.29, 1.82) is 0 Å². The Labute approximate surface area is 103 Å². The molecule has 0 atom stereocenters. The Morgan fingerprint density at radius 1 is 1.17 bits per heavy atom. The predicted octanol–water partition coefficient (Wildman–Crippen LogP) is 3.41. The Hall–Kier alpha value is -2.43. The third-order valence-electron chi connectivity index (χ3n) is 2.50. The first-order chi connectivity index (χ1) is 8.60. The quantitative estimate of drug-likeness (QED) is 0.617. The van der Waals surface area contributed by atoms with E-state index in [0.717, 1.165) is 0 Å². The highest BCUT2D eigenvalue weighted by Crippen LogP contribution is 2.29. The summed E-state index contributed by atoms with van der Waals surface area (Å²) in [4.78, 5) is 10.3. The molecular formula is C13H10FNO3. The molecule has 0 N–H and O–H groups in total. The van der Waals surface area contributed by atoms with Gasteiger partial charge in [-0.1, -0.05) is 12.1 Å². The summed E-state index contributed by atoms with van der Waals surface area (Å²) in [5.74, 6) is -0.0264. The van der Waals surface area contributed by atoms with Gasteiger partial charge >= 0.3 is 0 Å². The summed E-state index contributed by atoms with van der Waals surface area (Å²) < 4.78 is 18.1. The van der Waals surface area contributed by atoms with E-state index >= 15 is 0 Å². The monoisotopic (exact) mass is 247 g/mol. The van der Waals surface area contributed by atoms with E-state index in [0.29, 0.717) is 16.9 Å². The number of non-ortho nitro benzene ring substituents is 1. The molecule has 0 aromatic heterocycles. The van der Waals surface area contributed by atoms with Crippen LogP contribution in [-0.4, -0.2) is 12.0 Å². The SMILES string of the molecule is COc1cc(-c2cccc(F)c2)cc([N+](=O)[O-])c1. The van der Waals surface area contributed by atoms with Gasteiger partial charge in [-0.05, 0) is 29.3 Å². The highest BCUT2D eigenvalue weighted by atomic mass is 19.1. The molecule has 4 nitrogen and oxygen atoms in total. The van der Waals surface area contributed by atoms with Crippen LogP contribution in [-0.2, 0) is 0 Å². The van der Waals surface area contributed by atoms with Gasteiger partial charge in [0.25, 0.3) is 5.69 Å². The number of nitrogens with zero attached hydrogens (tertiary/aromatic N) is 1. The van der Waals surface area contributed by atoms with Gasteiger partial charge in [-0.3, -0.25) is 10.1 Å². The van der Waals surface area contributed by atoms with E-state index in [9.17, 15) is 14.5 Å². The molecule has 2 rings (SSSR count). The third-order valence-corrected chi connectivity index (χ3v) is 2.50. The van der Waals surface area contributed by atoms with E-state index < -0.39 is 10.7 Å². The van der Waals surface area contributed by atoms with Crippen LogP contribution in [0.4, 0.5) is 10.1 Å². The summed E-state index contributed by atoms with van der Waals surface area (Å²) in [7, 11) is 1.43. The zero-order chi connectivity index (χ0) is 13.1. The van der Waals surface area contributed by atoms with Crippen LogP contribution in [0, 0.1) is 15.9 Å². The molecule has 2 aromatic rings. The summed E-state index contributed by atoms with van der Waals surface area (Å²) in [6, 6.07) is 10.2. The second-order valence-corrected chi connectivity index (χ2v) is 3.69. The summed E-state index contributed by atoms with van der Waals surface area (Å²) >= 11 is 0. The second kappa shape index (κ2) is 4.83. The molecule has 0 saturated heterocycles. The molecule has 2 aromatic carbocycles. The van der Waals surface area contributed by atoms with E-state index in [1.165, 1.54) is 31.4 Å². The van der Waals surface area contributed by atoms with Crippen LogP contribution in [0.15, 0.2) is 42.5 Å². The van der Waals surface area contributed by atoms with Gasteiger partial charge in [0.15, 0.2) is 0 Å². The van der Waals surface area contributed by atoms with E-state index in [2.05, 4.69) is 0 Å². The number of methoxy groups -OCH3 is 1. The molecule has 92 valence electrons. The van der Waals surface area contributed by atoms with Gasteiger partial charge < -0.3 is 4.74 Å². The molecule has 0 aliphatic heterocycles. The molecule has 0 unspecified atom stereocenters. The van der Waals surface area contributed by atoms with Crippen molar-refractivity contribution in [1.82, 2.24) is 0 Å². The fraction of sp³-hybridized carbons (Fsp3) is 0.0769. The number of halogens is 1. The van der Waals surface area contributed by atoms with Crippen molar-refractivity contribution in [3.05, 3.63) is 58.4 Å². The summed E-state index contributed by atoms with van der Waals surface area (Å²) in [5, 5.41) is 10.8. The normalized spacial score (nSPS) is 10.1. The van der Waals surface area contributed by atoms with E-state index in [-0.39, 0.29) is 5.69 Å². The first kappa shape index (κ1) is 12.0. The van der Waals surface area contributed by atoms with Crippen molar-refractivity contribution in [3.8, 4) is 16.9 Å². The van der Waals surface area contributed by atoms with Gasteiger partial charge in [0.05, 0.1) is 18.1 Å². The average Bonchev–Trinajstić information content (AvgIpc) is 2.38. The Morgan fingerprint density at radius 2 is 1.94 bits per heavy atom. The first-order valence-electron chi connectivity index (χ1n) is 5.19. The van der Waals surface area contributed by atoms with Gasteiger partial charge in [0.2, 0.25) is 0 Å². The number of rotatable bonds is 3. The fourth-order valence-electron chi connectivity index (χ4n) is 1.64. The van der Waals surface area contributed by atoms with E-state index in [1.807, 2.05) is 0 Å². The molecule has 0 bridgehead atoms. The fourth-order valence-corrected chi connectivity index (χ4v) is 1.64. The number of ether oxygens (including phenoxy) is 1. The molecule has 0 spiro atoms. The Balaban J connectivity index is 2.56. The Morgan fingerprint density at radius 3 is 2.56 bits per heavy atom. The van der Waals surface area contributed by atoms with Crippen molar-refractivity contribution in [2.45, 2.75) is 0 Å².